The monoisotopic (exact) mass is 222 g/mol. The fourth-order valence-corrected chi connectivity index (χ4v) is 3.88. The van der Waals surface area contributed by atoms with E-state index in [1.165, 1.54) is 12.8 Å². The molecule has 16 heavy (non-hydrogen) atoms. The molecule has 2 nitrogen and oxygen atoms in total. The zero-order chi connectivity index (χ0) is 12.0. The first-order valence-electron chi connectivity index (χ1n) is 6.25. The molecule has 1 N–H and O–H groups in total. The second-order valence-corrected chi connectivity index (χ2v) is 6.41. The Morgan fingerprint density at radius 1 is 1.38 bits per heavy atom. The molecule has 90 valence electrons. The summed E-state index contributed by atoms with van der Waals surface area (Å²) in [6.45, 7) is 6.83. The second-order valence-electron chi connectivity index (χ2n) is 6.41. The van der Waals surface area contributed by atoms with Crippen molar-refractivity contribution in [3.63, 3.8) is 0 Å². The highest BCUT2D eigenvalue weighted by Crippen LogP contribution is 2.56. The second kappa shape index (κ2) is 3.69. The van der Waals surface area contributed by atoms with E-state index < -0.39 is 6.10 Å². The van der Waals surface area contributed by atoms with Crippen LogP contribution in [0, 0.1) is 16.7 Å². The summed E-state index contributed by atoms with van der Waals surface area (Å²) < 4.78 is 0. The van der Waals surface area contributed by atoms with Crippen LogP contribution in [0.4, 0.5) is 0 Å². The lowest BCUT2D eigenvalue weighted by atomic mass is 9.52. The third-order valence-corrected chi connectivity index (χ3v) is 4.75. The van der Waals surface area contributed by atoms with Crippen LogP contribution in [-0.4, -0.2) is 17.5 Å². The minimum atomic E-state index is -0.548. The third kappa shape index (κ3) is 1.73. The van der Waals surface area contributed by atoms with Gasteiger partial charge in [0, 0.05) is 5.57 Å². The van der Waals surface area contributed by atoms with Gasteiger partial charge < -0.3 is 5.11 Å². The predicted molar refractivity (Wildman–Crippen MR) is 64.0 cm³/mol. The normalized spacial score (nSPS) is 42.1. The zero-order valence-corrected chi connectivity index (χ0v) is 10.5. The molecule has 1 saturated carbocycles. The van der Waals surface area contributed by atoms with Crippen molar-refractivity contribution in [1.29, 1.82) is 0 Å². The van der Waals surface area contributed by atoms with Gasteiger partial charge in [0.1, 0.15) is 6.29 Å². The van der Waals surface area contributed by atoms with E-state index in [1.807, 2.05) is 6.08 Å². The summed E-state index contributed by atoms with van der Waals surface area (Å²) in [5.41, 5.74) is 0.979. The van der Waals surface area contributed by atoms with Gasteiger partial charge in [-0.2, -0.15) is 0 Å². The van der Waals surface area contributed by atoms with E-state index >= 15 is 0 Å². The molecule has 0 aromatic heterocycles. The Bertz CT molecular complexity index is 330. The highest BCUT2D eigenvalue weighted by molar-refractivity contribution is 5.75. The van der Waals surface area contributed by atoms with Crippen molar-refractivity contribution in [2.45, 2.75) is 52.6 Å². The molecule has 0 aromatic carbocycles. The molecular formula is C14H22O2. The van der Waals surface area contributed by atoms with Gasteiger partial charge in [0.05, 0.1) is 6.10 Å². The van der Waals surface area contributed by atoms with E-state index in [1.54, 1.807) is 0 Å². The molecule has 0 aromatic rings. The summed E-state index contributed by atoms with van der Waals surface area (Å²) in [5.74, 6) is 0.493. The first kappa shape index (κ1) is 11.8. The maximum Gasteiger partial charge on any atom is 0.148 e. The Labute approximate surface area is 97.7 Å². The maximum atomic E-state index is 10.9. The maximum absolute atomic E-state index is 10.9. The van der Waals surface area contributed by atoms with Gasteiger partial charge in [-0.15, -0.1) is 0 Å². The lowest BCUT2D eigenvalue weighted by Crippen LogP contribution is -2.46. The SMILES string of the molecule is CC1(C)CCCC2(C)C=C(C=O)C(O)CC12. The van der Waals surface area contributed by atoms with Crippen molar-refractivity contribution in [3.8, 4) is 0 Å². The fraction of sp³-hybridized carbons (Fsp3) is 0.786. The number of hydrogen-bond donors (Lipinski definition) is 1. The van der Waals surface area contributed by atoms with Crippen LogP contribution < -0.4 is 0 Å². The standard InChI is InChI=1S/C14H22O2/c1-13(2)5-4-6-14(3)8-10(9-15)11(16)7-12(13)14/h8-9,11-12,16H,4-7H2,1-3H3. The van der Waals surface area contributed by atoms with E-state index in [2.05, 4.69) is 20.8 Å². The summed E-state index contributed by atoms with van der Waals surface area (Å²) in [6.07, 6.45) is 6.66. The van der Waals surface area contributed by atoms with Gasteiger partial charge in [-0.05, 0) is 36.0 Å². The summed E-state index contributed by atoms with van der Waals surface area (Å²) in [7, 11) is 0. The summed E-state index contributed by atoms with van der Waals surface area (Å²) in [6, 6.07) is 0. The first-order valence-corrected chi connectivity index (χ1v) is 6.25. The van der Waals surface area contributed by atoms with Gasteiger partial charge >= 0.3 is 0 Å². The largest absolute Gasteiger partial charge is 0.388 e. The van der Waals surface area contributed by atoms with Crippen molar-refractivity contribution in [2.24, 2.45) is 16.7 Å². The topological polar surface area (TPSA) is 37.3 Å². The highest BCUT2D eigenvalue weighted by atomic mass is 16.3. The van der Waals surface area contributed by atoms with E-state index in [-0.39, 0.29) is 10.8 Å². The Morgan fingerprint density at radius 2 is 2.06 bits per heavy atom. The summed E-state index contributed by atoms with van der Waals surface area (Å²) in [5, 5.41) is 9.95. The van der Waals surface area contributed by atoms with Crippen molar-refractivity contribution in [3.05, 3.63) is 11.6 Å². The van der Waals surface area contributed by atoms with Crippen LogP contribution in [0.2, 0.25) is 0 Å². The Hall–Kier alpha value is -0.630. The molecule has 1 fully saturated rings. The van der Waals surface area contributed by atoms with Gasteiger partial charge in [0.15, 0.2) is 0 Å². The number of carbonyl (C=O) groups excluding carboxylic acids is 1. The Morgan fingerprint density at radius 3 is 2.69 bits per heavy atom. The third-order valence-electron chi connectivity index (χ3n) is 4.75. The van der Waals surface area contributed by atoms with E-state index in [0.717, 1.165) is 19.1 Å². The number of aldehydes is 1. The average Bonchev–Trinajstić information content (AvgIpc) is 2.19. The number of fused-ring (bicyclic) bond motifs is 1. The van der Waals surface area contributed by atoms with Crippen molar-refractivity contribution < 1.29 is 9.90 Å². The summed E-state index contributed by atoms with van der Waals surface area (Å²) in [4.78, 5) is 10.9. The Balaban J connectivity index is 2.39. The van der Waals surface area contributed by atoms with Gasteiger partial charge in [0.2, 0.25) is 0 Å². The quantitative estimate of drug-likeness (QED) is 0.693. The average molecular weight is 222 g/mol. The molecule has 0 aliphatic heterocycles. The van der Waals surface area contributed by atoms with E-state index in [4.69, 9.17) is 0 Å². The molecule has 2 rings (SSSR count). The van der Waals surface area contributed by atoms with Crippen LogP contribution in [0.15, 0.2) is 11.6 Å². The van der Waals surface area contributed by atoms with Gasteiger partial charge in [-0.25, -0.2) is 0 Å². The molecule has 3 atom stereocenters. The molecule has 2 heteroatoms. The molecule has 3 unspecified atom stereocenters. The lowest BCUT2D eigenvalue weighted by molar-refractivity contribution is -0.106. The van der Waals surface area contributed by atoms with Gasteiger partial charge in [-0.1, -0.05) is 33.3 Å². The van der Waals surface area contributed by atoms with Crippen LogP contribution in [0.5, 0.6) is 0 Å². The van der Waals surface area contributed by atoms with Crippen LogP contribution >= 0.6 is 0 Å². The van der Waals surface area contributed by atoms with Crippen molar-refractivity contribution >= 4 is 6.29 Å². The van der Waals surface area contributed by atoms with Crippen LogP contribution in [0.25, 0.3) is 0 Å². The fourth-order valence-electron chi connectivity index (χ4n) is 3.88. The molecular weight excluding hydrogens is 200 g/mol. The number of allylic oxidation sites excluding steroid dienone is 1. The van der Waals surface area contributed by atoms with Crippen LogP contribution in [-0.2, 0) is 4.79 Å². The molecule has 0 saturated heterocycles. The molecule has 0 spiro atoms. The molecule has 2 aliphatic carbocycles. The van der Waals surface area contributed by atoms with E-state index in [9.17, 15) is 9.90 Å². The van der Waals surface area contributed by atoms with Crippen LogP contribution in [0.1, 0.15) is 46.5 Å². The van der Waals surface area contributed by atoms with Crippen molar-refractivity contribution in [1.82, 2.24) is 0 Å². The predicted octanol–water partition coefficient (Wildman–Crippen LogP) is 2.71. The number of carbonyl (C=O) groups is 1. The van der Waals surface area contributed by atoms with Gasteiger partial charge in [0.25, 0.3) is 0 Å². The minimum Gasteiger partial charge on any atom is -0.388 e. The molecule has 0 heterocycles. The number of hydrogen-bond acceptors (Lipinski definition) is 2. The lowest BCUT2D eigenvalue weighted by Gasteiger charge is -2.52. The van der Waals surface area contributed by atoms with Gasteiger partial charge in [-0.3, -0.25) is 4.79 Å². The molecule has 2 aliphatic rings. The molecule has 0 amide bonds. The number of rotatable bonds is 1. The first-order chi connectivity index (χ1) is 7.39. The Kier molecular flexibility index (Phi) is 2.73. The summed E-state index contributed by atoms with van der Waals surface area (Å²) >= 11 is 0. The van der Waals surface area contributed by atoms with E-state index in [0.29, 0.717) is 11.5 Å². The zero-order valence-electron chi connectivity index (χ0n) is 10.5. The molecule has 0 bridgehead atoms. The van der Waals surface area contributed by atoms with Crippen LogP contribution in [0.3, 0.4) is 0 Å². The minimum absolute atomic E-state index is 0.108. The molecule has 0 radical (unpaired) electrons. The smallest absolute Gasteiger partial charge is 0.148 e. The van der Waals surface area contributed by atoms with Crippen molar-refractivity contribution in [2.75, 3.05) is 0 Å². The highest BCUT2D eigenvalue weighted by Gasteiger charge is 2.48. The number of aliphatic hydroxyl groups excluding tert-OH is 1. The number of aliphatic hydroxyl groups is 1.